The lowest BCUT2D eigenvalue weighted by atomic mass is 10.1. The summed E-state index contributed by atoms with van der Waals surface area (Å²) in [6, 6.07) is 18.8. The van der Waals surface area contributed by atoms with Gasteiger partial charge in [-0.15, -0.1) is 0 Å². The Labute approximate surface area is 185 Å². The van der Waals surface area contributed by atoms with Crippen molar-refractivity contribution in [1.82, 2.24) is 15.1 Å². The van der Waals surface area contributed by atoms with E-state index in [2.05, 4.69) is 10.4 Å². The zero-order valence-electron chi connectivity index (χ0n) is 17.6. The molecule has 4 rings (SSSR count). The fourth-order valence-electron chi connectivity index (χ4n) is 3.71. The summed E-state index contributed by atoms with van der Waals surface area (Å²) in [5, 5.41) is 7.44. The van der Waals surface area contributed by atoms with Crippen molar-refractivity contribution < 1.29 is 13.9 Å². The lowest BCUT2D eigenvalue weighted by molar-refractivity contribution is -0.121. The van der Waals surface area contributed by atoms with Crippen molar-refractivity contribution in [3.8, 4) is 5.75 Å². The zero-order valence-corrected chi connectivity index (χ0v) is 17.6. The molecule has 1 atom stereocenters. The molecule has 3 aromatic rings. The first-order valence-corrected chi connectivity index (χ1v) is 10.6. The van der Waals surface area contributed by atoms with Crippen LogP contribution in [0.4, 0.5) is 10.2 Å². The van der Waals surface area contributed by atoms with Crippen LogP contribution in [0.5, 0.6) is 5.75 Å². The monoisotopic (exact) mass is 436 g/mol. The molecule has 1 aliphatic rings. The molecule has 0 unspecified atom stereocenters. The van der Waals surface area contributed by atoms with Crippen molar-refractivity contribution in [1.29, 1.82) is 0 Å². The minimum Gasteiger partial charge on any atom is -0.492 e. The van der Waals surface area contributed by atoms with Gasteiger partial charge in [0.15, 0.2) is 0 Å². The second kappa shape index (κ2) is 10.1. The number of halogens is 1. The van der Waals surface area contributed by atoms with E-state index in [1.165, 1.54) is 16.8 Å². The van der Waals surface area contributed by atoms with Gasteiger partial charge in [-0.1, -0.05) is 36.4 Å². The van der Waals surface area contributed by atoms with Crippen LogP contribution in [-0.4, -0.2) is 41.4 Å². The summed E-state index contributed by atoms with van der Waals surface area (Å²) in [5.74, 6) is 0.830. The predicted molar refractivity (Wildman–Crippen MR) is 119 cm³/mol. The Morgan fingerprint density at radius 3 is 2.69 bits per heavy atom. The highest BCUT2D eigenvalue weighted by Crippen LogP contribution is 2.17. The molecule has 1 N–H and O–H groups in total. The van der Waals surface area contributed by atoms with Crippen LogP contribution in [0.1, 0.15) is 12.0 Å². The van der Waals surface area contributed by atoms with Crippen molar-refractivity contribution in [3.63, 3.8) is 0 Å². The van der Waals surface area contributed by atoms with Gasteiger partial charge in [0, 0.05) is 25.2 Å². The minimum atomic E-state index is -0.376. The maximum atomic E-state index is 13.8. The maximum absolute atomic E-state index is 13.8. The van der Waals surface area contributed by atoms with Crippen LogP contribution in [0.25, 0.3) is 0 Å². The van der Waals surface area contributed by atoms with Crippen LogP contribution in [-0.2, 0) is 17.8 Å². The fourth-order valence-corrected chi connectivity index (χ4v) is 3.71. The molecule has 1 aliphatic heterocycles. The number of anilines is 1. The largest absolute Gasteiger partial charge is 0.492 e. The van der Waals surface area contributed by atoms with E-state index in [0.717, 1.165) is 12.2 Å². The zero-order chi connectivity index (χ0) is 22.3. The van der Waals surface area contributed by atoms with Crippen molar-refractivity contribution in [2.75, 3.05) is 24.6 Å². The molecule has 1 aromatic heterocycles. The first kappa shape index (κ1) is 21.5. The second-order valence-corrected chi connectivity index (χ2v) is 7.68. The van der Waals surface area contributed by atoms with E-state index >= 15 is 0 Å². The number of rotatable bonds is 8. The highest BCUT2D eigenvalue weighted by molar-refractivity contribution is 5.79. The molecular weight excluding hydrogens is 411 g/mol. The SMILES string of the molecule is O=C(Cc1ccccc1F)N[C@H]1CCN(c2ccc(=O)n(CCOc3ccccc3)n2)C1. The van der Waals surface area contributed by atoms with Gasteiger partial charge < -0.3 is 15.0 Å². The van der Waals surface area contributed by atoms with Crippen LogP contribution in [0.3, 0.4) is 0 Å². The number of benzene rings is 2. The highest BCUT2D eigenvalue weighted by Gasteiger charge is 2.25. The van der Waals surface area contributed by atoms with Crippen LogP contribution >= 0.6 is 0 Å². The molecule has 1 fully saturated rings. The average molecular weight is 436 g/mol. The van der Waals surface area contributed by atoms with Gasteiger partial charge in [-0.05, 0) is 36.2 Å². The molecule has 0 aliphatic carbocycles. The molecule has 8 heteroatoms. The Hall–Kier alpha value is -3.68. The summed E-state index contributed by atoms with van der Waals surface area (Å²) in [4.78, 5) is 26.5. The average Bonchev–Trinajstić information content (AvgIpc) is 3.25. The molecule has 2 aromatic carbocycles. The number of nitrogens with zero attached hydrogens (tertiary/aromatic N) is 3. The van der Waals surface area contributed by atoms with Crippen molar-refractivity contribution >= 4 is 11.7 Å². The third-order valence-electron chi connectivity index (χ3n) is 5.35. The molecular formula is C24H25FN4O3. The number of hydrogen-bond donors (Lipinski definition) is 1. The van der Waals surface area contributed by atoms with Gasteiger partial charge in [0.05, 0.1) is 13.0 Å². The molecule has 166 valence electrons. The van der Waals surface area contributed by atoms with Crippen LogP contribution in [0.2, 0.25) is 0 Å². The van der Waals surface area contributed by atoms with E-state index in [9.17, 15) is 14.0 Å². The van der Waals surface area contributed by atoms with E-state index in [0.29, 0.717) is 37.6 Å². The lowest BCUT2D eigenvalue weighted by Gasteiger charge is -2.19. The number of aromatic nitrogens is 2. The van der Waals surface area contributed by atoms with Gasteiger partial charge in [-0.2, -0.15) is 5.10 Å². The smallest absolute Gasteiger partial charge is 0.266 e. The highest BCUT2D eigenvalue weighted by atomic mass is 19.1. The Balaban J connectivity index is 1.31. The van der Waals surface area contributed by atoms with Gasteiger partial charge >= 0.3 is 0 Å². The van der Waals surface area contributed by atoms with E-state index in [4.69, 9.17) is 4.74 Å². The van der Waals surface area contributed by atoms with E-state index in [1.54, 1.807) is 24.3 Å². The standard InChI is InChI=1S/C24H25FN4O3/c25-21-9-5-4-6-18(21)16-23(30)26-19-12-13-28(17-19)22-10-11-24(31)29(27-22)14-15-32-20-7-2-1-3-8-20/h1-11,19H,12-17H2,(H,26,30)/t19-/m0/s1. The summed E-state index contributed by atoms with van der Waals surface area (Å²) in [6.45, 7) is 1.94. The summed E-state index contributed by atoms with van der Waals surface area (Å²) < 4.78 is 20.8. The minimum absolute atomic E-state index is 0.00766. The molecule has 0 bridgehead atoms. The van der Waals surface area contributed by atoms with Gasteiger partial charge in [0.2, 0.25) is 5.91 Å². The quantitative estimate of drug-likeness (QED) is 0.587. The molecule has 1 amide bonds. The number of carbonyl (C=O) groups excluding carboxylic acids is 1. The van der Waals surface area contributed by atoms with E-state index < -0.39 is 0 Å². The molecule has 7 nitrogen and oxygen atoms in total. The van der Waals surface area contributed by atoms with Crippen LogP contribution in [0.15, 0.2) is 71.5 Å². The lowest BCUT2D eigenvalue weighted by Crippen LogP contribution is -2.38. The van der Waals surface area contributed by atoms with Crippen LogP contribution < -0.4 is 20.5 Å². The third kappa shape index (κ3) is 5.51. The first-order valence-electron chi connectivity index (χ1n) is 10.6. The third-order valence-corrected chi connectivity index (χ3v) is 5.35. The maximum Gasteiger partial charge on any atom is 0.266 e. The Morgan fingerprint density at radius 2 is 1.88 bits per heavy atom. The number of nitrogens with one attached hydrogen (secondary N) is 1. The summed E-state index contributed by atoms with van der Waals surface area (Å²) in [7, 11) is 0. The van der Waals surface area contributed by atoms with Crippen molar-refractivity contribution in [2.45, 2.75) is 25.4 Å². The normalized spacial score (nSPS) is 15.5. The van der Waals surface area contributed by atoms with Gasteiger partial charge in [0.25, 0.3) is 5.56 Å². The number of hydrogen-bond acceptors (Lipinski definition) is 5. The van der Waals surface area contributed by atoms with Crippen LogP contribution in [0, 0.1) is 5.82 Å². The molecule has 2 heterocycles. The summed E-state index contributed by atoms with van der Waals surface area (Å²) >= 11 is 0. The molecule has 0 radical (unpaired) electrons. The topological polar surface area (TPSA) is 76.5 Å². The first-order chi connectivity index (χ1) is 15.6. The Bertz CT molecular complexity index is 1120. The number of amides is 1. The number of carbonyl (C=O) groups is 1. The predicted octanol–water partition coefficient (Wildman–Crippen LogP) is 2.40. The van der Waals surface area contributed by atoms with Gasteiger partial charge in [-0.25, -0.2) is 9.07 Å². The number of para-hydroxylation sites is 1. The van der Waals surface area contributed by atoms with E-state index in [-0.39, 0.29) is 29.7 Å². The van der Waals surface area contributed by atoms with Gasteiger partial charge in [-0.3, -0.25) is 9.59 Å². The Kier molecular flexibility index (Phi) is 6.79. The van der Waals surface area contributed by atoms with Crippen molar-refractivity contribution in [3.05, 3.63) is 88.5 Å². The second-order valence-electron chi connectivity index (χ2n) is 7.68. The molecule has 32 heavy (non-hydrogen) atoms. The fraction of sp³-hybridized carbons (Fsp3) is 0.292. The van der Waals surface area contributed by atoms with Gasteiger partial charge in [0.1, 0.15) is 24.0 Å². The summed E-state index contributed by atoms with van der Waals surface area (Å²) in [6.07, 6.45) is 0.759. The molecule has 0 spiro atoms. The molecule has 1 saturated heterocycles. The molecule has 0 saturated carbocycles. The number of ether oxygens (including phenoxy) is 1. The summed E-state index contributed by atoms with van der Waals surface area (Å²) in [5.41, 5.74) is 0.186. The Morgan fingerprint density at radius 1 is 1.09 bits per heavy atom. The van der Waals surface area contributed by atoms with Crippen molar-refractivity contribution in [2.24, 2.45) is 0 Å². The van der Waals surface area contributed by atoms with E-state index in [1.807, 2.05) is 35.2 Å².